The van der Waals surface area contributed by atoms with Crippen LogP contribution in [0.25, 0.3) is 10.8 Å². The number of pyridine rings is 1. The van der Waals surface area contributed by atoms with Crippen molar-refractivity contribution in [2.24, 2.45) is 0 Å². The molecular weight excluding hydrogens is 324 g/mol. The van der Waals surface area contributed by atoms with Gasteiger partial charge < -0.3 is 4.90 Å². The van der Waals surface area contributed by atoms with E-state index >= 15 is 0 Å². The Hall–Kier alpha value is -1.66. The Labute approximate surface area is 133 Å². The van der Waals surface area contributed by atoms with Crippen molar-refractivity contribution in [3.63, 3.8) is 0 Å². The molecule has 1 aliphatic rings. The number of nitrogens with zero attached hydrogens (tertiary/aromatic N) is 2. The molecule has 0 unspecified atom stereocenters. The number of benzene rings is 1. The molecule has 1 amide bonds. The zero-order chi connectivity index (χ0) is 15.9. The molecule has 0 N–H and O–H groups in total. The minimum atomic E-state index is -3.02. The smallest absolute Gasteiger partial charge is 0.256 e. The molecule has 1 aromatic heterocycles. The van der Waals surface area contributed by atoms with Crippen LogP contribution < -0.4 is 0 Å². The van der Waals surface area contributed by atoms with E-state index in [-0.39, 0.29) is 30.5 Å². The molecule has 116 valence electrons. The highest BCUT2D eigenvalue weighted by atomic mass is 35.5. The molecule has 1 aliphatic heterocycles. The Balaban J connectivity index is 2.04. The van der Waals surface area contributed by atoms with Gasteiger partial charge in [-0.05, 0) is 12.5 Å². The fourth-order valence-corrected chi connectivity index (χ4v) is 4.11. The van der Waals surface area contributed by atoms with Crippen LogP contribution in [0.4, 0.5) is 0 Å². The number of aromatic nitrogens is 1. The van der Waals surface area contributed by atoms with Crippen LogP contribution in [0, 0.1) is 6.92 Å². The van der Waals surface area contributed by atoms with Gasteiger partial charge >= 0.3 is 0 Å². The van der Waals surface area contributed by atoms with Crippen LogP contribution in [0.15, 0.2) is 24.4 Å². The predicted molar refractivity (Wildman–Crippen MR) is 86.0 cm³/mol. The minimum Gasteiger partial charge on any atom is -0.337 e. The molecule has 22 heavy (non-hydrogen) atoms. The average Bonchev–Trinajstić information content (AvgIpc) is 2.48. The molecule has 1 saturated heterocycles. The van der Waals surface area contributed by atoms with Crippen LogP contribution in [0.3, 0.4) is 0 Å². The fourth-order valence-electron chi connectivity index (χ4n) is 2.70. The lowest BCUT2D eigenvalue weighted by Crippen LogP contribution is -2.43. The van der Waals surface area contributed by atoms with E-state index in [9.17, 15) is 13.2 Å². The number of carbonyl (C=O) groups is 1. The number of hydrogen-bond acceptors (Lipinski definition) is 4. The first-order valence-electron chi connectivity index (χ1n) is 6.92. The first-order chi connectivity index (χ1) is 10.4. The van der Waals surface area contributed by atoms with Gasteiger partial charge in [0.05, 0.1) is 17.1 Å². The summed E-state index contributed by atoms with van der Waals surface area (Å²) in [6, 6.07) is 5.61. The SMILES string of the molecule is Cc1cccc2c(Cl)ncc(C(=O)N3CCS(=O)(=O)CC3)c12. The Morgan fingerprint density at radius 2 is 1.95 bits per heavy atom. The van der Waals surface area contributed by atoms with E-state index in [1.165, 1.54) is 6.20 Å². The molecule has 0 radical (unpaired) electrons. The van der Waals surface area contributed by atoms with Gasteiger partial charge in [0.15, 0.2) is 9.84 Å². The Morgan fingerprint density at radius 1 is 1.27 bits per heavy atom. The van der Waals surface area contributed by atoms with E-state index in [0.717, 1.165) is 16.3 Å². The summed E-state index contributed by atoms with van der Waals surface area (Å²) in [6.07, 6.45) is 1.48. The third-order valence-electron chi connectivity index (χ3n) is 3.93. The van der Waals surface area contributed by atoms with Crippen molar-refractivity contribution in [1.82, 2.24) is 9.88 Å². The van der Waals surface area contributed by atoms with Crippen LogP contribution >= 0.6 is 11.6 Å². The van der Waals surface area contributed by atoms with Gasteiger partial charge in [0.25, 0.3) is 5.91 Å². The standard InChI is InChI=1S/C15H15ClN2O3S/c1-10-3-2-4-11-13(10)12(9-17-14(11)16)15(19)18-5-7-22(20,21)8-6-18/h2-4,9H,5-8H2,1H3. The summed E-state index contributed by atoms with van der Waals surface area (Å²) in [7, 11) is -3.02. The number of carbonyl (C=O) groups excluding carboxylic acids is 1. The average molecular weight is 339 g/mol. The second-order valence-electron chi connectivity index (χ2n) is 5.40. The Kier molecular flexibility index (Phi) is 3.82. The number of amides is 1. The Bertz CT molecular complexity index is 850. The maximum absolute atomic E-state index is 12.7. The van der Waals surface area contributed by atoms with Crippen molar-refractivity contribution >= 4 is 38.1 Å². The number of fused-ring (bicyclic) bond motifs is 1. The second-order valence-corrected chi connectivity index (χ2v) is 8.07. The third kappa shape index (κ3) is 2.68. The summed E-state index contributed by atoms with van der Waals surface area (Å²) in [6.45, 7) is 2.35. The van der Waals surface area contributed by atoms with E-state index in [1.54, 1.807) is 4.90 Å². The zero-order valence-corrected chi connectivity index (χ0v) is 13.6. The van der Waals surface area contributed by atoms with E-state index in [2.05, 4.69) is 4.98 Å². The van der Waals surface area contributed by atoms with Crippen LogP contribution in [0.5, 0.6) is 0 Å². The molecule has 2 heterocycles. The molecule has 1 fully saturated rings. The highest BCUT2D eigenvalue weighted by Crippen LogP contribution is 2.28. The Morgan fingerprint density at radius 3 is 2.64 bits per heavy atom. The molecule has 0 aliphatic carbocycles. The number of halogens is 1. The third-order valence-corrected chi connectivity index (χ3v) is 5.84. The van der Waals surface area contributed by atoms with Crippen LogP contribution in [0.2, 0.25) is 5.15 Å². The first kappa shape index (κ1) is 15.2. The van der Waals surface area contributed by atoms with Gasteiger partial charge in [0.2, 0.25) is 0 Å². The van der Waals surface area contributed by atoms with Gasteiger partial charge in [-0.2, -0.15) is 0 Å². The molecule has 2 aromatic rings. The van der Waals surface area contributed by atoms with E-state index in [0.29, 0.717) is 10.7 Å². The van der Waals surface area contributed by atoms with Crippen molar-refractivity contribution in [3.8, 4) is 0 Å². The topological polar surface area (TPSA) is 67.3 Å². The lowest BCUT2D eigenvalue weighted by molar-refractivity contribution is 0.0772. The molecule has 3 rings (SSSR count). The van der Waals surface area contributed by atoms with Gasteiger partial charge in [-0.1, -0.05) is 29.8 Å². The largest absolute Gasteiger partial charge is 0.337 e. The minimum absolute atomic E-state index is 0.0106. The normalized spacial score (nSPS) is 17.6. The lowest BCUT2D eigenvalue weighted by atomic mass is 10.0. The molecule has 7 heteroatoms. The molecular formula is C15H15ClN2O3S. The molecule has 0 saturated carbocycles. The maximum Gasteiger partial charge on any atom is 0.256 e. The van der Waals surface area contributed by atoms with Crippen molar-refractivity contribution in [1.29, 1.82) is 0 Å². The highest BCUT2D eigenvalue weighted by Gasteiger charge is 2.27. The fraction of sp³-hybridized carbons (Fsp3) is 0.333. The maximum atomic E-state index is 12.7. The molecule has 0 spiro atoms. The summed E-state index contributed by atoms with van der Waals surface area (Å²) < 4.78 is 23.0. The number of sulfone groups is 1. The molecule has 0 atom stereocenters. The molecule has 0 bridgehead atoms. The molecule has 1 aromatic carbocycles. The van der Waals surface area contributed by atoms with Gasteiger partial charge in [0, 0.05) is 30.1 Å². The van der Waals surface area contributed by atoms with Gasteiger partial charge in [0.1, 0.15) is 5.15 Å². The number of rotatable bonds is 1. The van der Waals surface area contributed by atoms with Gasteiger partial charge in [-0.3, -0.25) is 4.79 Å². The van der Waals surface area contributed by atoms with Crippen molar-refractivity contribution < 1.29 is 13.2 Å². The predicted octanol–water partition coefficient (Wildman–Crippen LogP) is 2.07. The summed E-state index contributed by atoms with van der Waals surface area (Å²) in [5.74, 6) is -0.175. The number of aryl methyl sites for hydroxylation is 1. The van der Waals surface area contributed by atoms with Crippen LogP contribution in [-0.4, -0.2) is 48.8 Å². The number of hydrogen-bond donors (Lipinski definition) is 0. The zero-order valence-electron chi connectivity index (χ0n) is 12.0. The summed E-state index contributed by atoms with van der Waals surface area (Å²) in [5, 5.41) is 1.87. The van der Waals surface area contributed by atoms with Crippen molar-refractivity contribution in [3.05, 3.63) is 40.7 Å². The van der Waals surface area contributed by atoms with E-state index in [1.807, 2.05) is 25.1 Å². The summed E-state index contributed by atoms with van der Waals surface area (Å²) >= 11 is 6.11. The quantitative estimate of drug-likeness (QED) is 0.746. The van der Waals surface area contributed by atoms with E-state index in [4.69, 9.17) is 11.6 Å². The lowest BCUT2D eigenvalue weighted by Gasteiger charge is -2.27. The summed E-state index contributed by atoms with van der Waals surface area (Å²) in [5.41, 5.74) is 1.41. The second kappa shape index (κ2) is 5.52. The van der Waals surface area contributed by atoms with E-state index < -0.39 is 9.84 Å². The van der Waals surface area contributed by atoms with Crippen LogP contribution in [0.1, 0.15) is 15.9 Å². The highest BCUT2D eigenvalue weighted by molar-refractivity contribution is 7.91. The van der Waals surface area contributed by atoms with Gasteiger partial charge in [-0.25, -0.2) is 13.4 Å². The van der Waals surface area contributed by atoms with Crippen molar-refractivity contribution in [2.45, 2.75) is 6.92 Å². The monoisotopic (exact) mass is 338 g/mol. The van der Waals surface area contributed by atoms with Crippen molar-refractivity contribution in [2.75, 3.05) is 24.6 Å². The van der Waals surface area contributed by atoms with Gasteiger partial charge in [-0.15, -0.1) is 0 Å². The van der Waals surface area contributed by atoms with Crippen LogP contribution in [-0.2, 0) is 9.84 Å². The molecule has 5 nitrogen and oxygen atoms in total. The summed E-state index contributed by atoms with van der Waals surface area (Å²) in [4.78, 5) is 18.4. The first-order valence-corrected chi connectivity index (χ1v) is 9.12.